The van der Waals surface area contributed by atoms with Gasteiger partial charge in [-0.05, 0) is 59.7 Å². The van der Waals surface area contributed by atoms with Crippen LogP contribution in [-0.4, -0.2) is 0 Å². The van der Waals surface area contributed by atoms with Crippen molar-refractivity contribution in [2.24, 2.45) is 0 Å². The Morgan fingerprint density at radius 3 is 1.51 bits per heavy atom. The standard InChI is InChI=1S/C28H17Cl2O4PS2/c29-19-11-9-17-13-23(21-5-1-3-7-25(21)36-27(17)15-19)33-35(31,32)34-24-14-18-10-12-20(30)16-28(18)37-26-8-4-2-6-22(24)26/h1-16H,(H,31,32)/p-1. The van der Waals surface area contributed by atoms with E-state index in [1.54, 1.807) is 24.3 Å². The molecule has 0 amide bonds. The number of hydrogen-bond acceptors (Lipinski definition) is 6. The topological polar surface area (TPSA) is 58.6 Å². The number of fused-ring (bicyclic) bond motifs is 4. The second-order valence-electron chi connectivity index (χ2n) is 8.21. The van der Waals surface area contributed by atoms with Gasteiger partial charge in [0.05, 0.1) is 0 Å². The van der Waals surface area contributed by atoms with E-state index < -0.39 is 7.82 Å². The predicted octanol–water partition coefficient (Wildman–Crippen LogP) is 9.12. The van der Waals surface area contributed by atoms with E-state index in [1.807, 2.05) is 72.8 Å². The zero-order valence-corrected chi connectivity index (χ0v) is 22.9. The van der Waals surface area contributed by atoms with Gasteiger partial charge in [0.1, 0.15) is 11.5 Å². The van der Waals surface area contributed by atoms with E-state index in [0.29, 0.717) is 21.2 Å². The van der Waals surface area contributed by atoms with Gasteiger partial charge in [-0.25, -0.2) is 4.57 Å². The SMILES string of the molecule is O=P([O-])(OC1=Cc2ccc(Cl)cc2Sc2ccccc21)OC1=Cc2ccc(Cl)cc2Sc2ccccc21. The third kappa shape index (κ3) is 5.23. The minimum Gasteiger partial charge on any atom is -0.736 e. The smallest absolute Gasteiger partial charge is 0.372 e. The van der Waals surface area contributed by atoms with Crippen molar-refractivity contribution in [2.75, 3.05) is 0 Å². The van der Waals surface area contributed by atoms with Crippen LogP contribution in [0.15, 0.2) is 105 Å². The van der Waals surface area contributed by atoms with E-state index in [2.05, 4.69) is 0 Å². The lowest BCUT2D eigenvalue weighted by Crippen LogP contribution is -2.08. The monoisotopic (exact) mass is 581 g/mol. The molecule has 4 nitrogen and oxygen atoms in total. The maximum Gasteiger partial charge on any atom is 0.372 e. The summed E-state index contributed by atoms with van der Waals surface area (Å²) < 4.78 is 24.7. The molecule has 0 aromatic heterocycles. The van der Waals surface area contributed by atoms with Gasteiger partial charge in [-0.1, -0.05) is 95.3 Å². The molecule has 6 rings (SSSR count). The van der Waals surface area contributed by atoms with Gasteiger partial charge in [-0.2, -0.15) is 0 Å². The number of phosphoric acid groups is 1. The predicted molar refractivity (Wildman–Crippen MR) is 150 cm³/mol. The van der Waals surface area contributed by atoms with Gasteiger partial charge in [0.25, 0.3) is 0 Å². The van der Waals surface area contributed by atoms with Crippen LogP contribution < -0.4 is 4.89 Å². The molecule has 0 spiro atoms. The molecule has 4 aromatic rings. The van der Waals surface area contributed by atoms with Crippen molar-refractivity contribution in [3.05, 3.63) is 117 Å². The molecule has 0 bridgehead atoms. The van der Waals surface area contributed by atoms with Crippen LogP contribution in [0.5, 0.6) is 0 Å². The molecule has 0 saturated heterocycles. The van der Waals surface area contributed by atoms with Crippen LogP contribution in [0.4, 0.5) is 0 Å². The Bertz CT molecular complexity index is 1550. The van der Waals surface area contributed by atoms with E-state index in [0.717, 1.165) is 30.7 Å². The molecule has 0 aliphatic carbocycles. The van der Waals surface area contributed by atoms with E-state index in [1.165, 1.54) is 23.5 Å². The van der Waals surface area contributed by atoms with Crippen molar-refractivity contribution in [1.82, 2.24) is 0 Å². The third-order valence-corrected chi connectivity index (χ3v) is 9.30. The normalized spacial score (nSPS) is 14.0. The summed E-state index contributed by atoms with van der Waals surface area (Å²) in [5, 5.41) is 1.19. The van der Waals surface area contributed by atoms with Crippen molar-refractivity contribution in [2.45, 2.75) is 19.6 Å². The lowest BCUT2D eigenvalue weighted by molar-refractivity contribution is -0.213. The molecule has 2 aliphatic heterocycles. The average Bonchev–Trinajstić information content (AvgIpc) is 3.10. The Labute approximate surface area is 232 Å². The summed E-state index contributed by atoms with van der Waals surface area (Å²) in [5.41, 5.74) is 2.87. The number of phosphoric ester groups is 1. The van der Waals surface area contributed by atoms with Gasteiger partial charge in [0, 0.05) is 40.8 Å². The zero-order chi connectivity index (χ0) is 25.6. The highest BCUT2D eigenvalue weighted by Crippen LogP contribution is 2.53. The maximum atomic E-state index is 13.4. The Morgan fingerprint density at radius 1 is 0.622 bits per heavy atom. The Morgan fingerprint density at radius 2 is 1.05 bits per heavy atom. The molecule has 4 aromatic carbocycles. The second kappa shape index (κ2) is 9.95. The lowest BCUT2D eigenvalue weighted by Gasteiger charge is -2.27. The molecule has 37 heavy (non-hydrogen) atoms. The fourth-order valence-corrected chi connectivity index (χ4v) is 7.52. The third-order valence-electron chi connectivity index (χ3n) is 5.69. The minimum atomic E-state index is -4.88. The van der Waals surface area contributed by atoms with E-state index in [9.17, 15) is 9.46 Å². The largest absolute Gasteiger partial charge is 0.736 e. The molecular weight excluding hydrogens is 566 g/mol. The molecule has 0 saturated carbocycles. The summed E-state index contributed by atoms with van der Waals surface area (Å²) >= 11 is 15.4. The fourth-order valence-electron chi connectivity index (χ4n) is 4.04. The highest BCUT2D eigenvalue weighted by Gasteiger charge is 2.25. The first-order chi connectivity index (χ1) is 17.8. The van der Waals surface area contributed by atoms with Crippen molar-refractivity contribution >= 4 is 78.2 Å². The van der Waals surface area contributed by atoms with Gasteiger partial charge in [0.15, 0.2) is 0 Å². The Balaban J connectivity index is 1.40. The van der Waals surface area contributed by atoms with Crippen LogP contribution in [0.3, 0.4) is 0 Å². The van der Waals surface area contributed by atoms with Crippen LogP contribution in [-0.2, 0) is 13.6 Å². The zero-order valence-electron chi connectivity index (χ0n) is 18.9. The van der Waals surface area contributed by atoms with Crippen molar-refractivity contribution in [3.63, 3.8) is 0 Å². The molecule has 0 atom stereocenters. The molecule has 0 fully saturated rings. The Kier molecular flexibility index (Phi) is 6.66. The molecule has 2 heterocycles. The quantitative estimate of drug-likeness (QED) is 0.224. The van der Waals surface area contributed by atoms with Gasteiger partial charge >= 0.3 is 7.82 Å². The first kappa shape index (κ1) is 24.7. The molecule has 0 unspecified atom stereocenters. The summed E-state index contributed by atoms with van der Waals surface area (Å²) in [5.74, 6) is 0.345. The number of benzene rings is 4. The number of rotatable bonds is 4. The van der Waals surface area contributed by atoms with Crippen molar-refractivity contribution < 1.29 is 18.5 Å². The van der Waals surface area contributed by atoms with Gasteiger partial charge < -0.3 is 13.9 Å². The molecule has 184 valence electrons. The van der Waals surface area contributed by atoms with Crippen LogP contribution in [0.2, 0.25) is 10.0 Å². The summed E-state index contributed by atoms with van der Waals surface area (Å²) in [6, 6.07) is 25.8. The molecule has 9 heteroatoms. The summed E-state index contributed by atoms with van der Waals surface area (Å²) in [4.78, 5) is 16.9. The van der Waals surface area contributed by atoms with E-state index in [-0.39, 0.29) is 11.5 Å². The number of hydrogen-bond donors (Lipinski definition) is 0. The molecule has 0 radical (unpaired) electrons. The second-order valence-corrected chi connectivity index (χ2v) is 12.5. The van der Waals surface area contributed by atoms with Gasteiger partial charge in [0.2, 0.25) is 0 Å². The van der Waals surface area contributed by atoms with Gasteiger partial charge in [-0.3, -0.25) is 0 Å². The summed E-state index contributed by atoms with van der Waals surface area (Å²) in [7, 11) is -4.88. The van der Waals surface area contributed by atoms with Crippen LogP contribution in [0, 0.1) is 0 Å². The molecule has 0 N–H and O–H groups in total. The fraction of sp³-hybridized carbons (Fsp3) is 0. The van der Waals surface area contributed by atoms with Crippen LogP contribution >= 0.6 is 54.5 Å². The first-order valence-corrected chi connectivity index (χ1v) is 15.0. The van der Waals surface area contributed by atoms with E-state index >= 15 is 0 Å². The molecular formula is C28H16Cl2O4PS2-. The molecule has 2 aliphatic rings. The van der Waals surface area contributed by atoms with Crippen molar-refractivity contribution in [3.8, 4) is 0 Å². The van der Waals surface area contributed by atoms with Crippen LogP contribution in [0.1, 0.15) is 22.3 Å². The van der Waals surface area contributed by atoms with E-state index in [4.69, 9.17) is 32.2 Å². The Hall–Kier alpha value is -2.57. The summed E-state index contributed by atoms with van der Waals surface area (Å²) in [6.07, 6.45) is 3.39. The first-order valence-electron chi connectivity index (χ1n) is 11.1. The van der Waals surface area contributed by atoms with Gasteiger partial charge in [-0.15, -0.1) is 0 Å². The van der Waals surface area contributed by atoms with Crippen molar-refractivity contribution in [1.29, 1.82) is 0 Å². The summed E-state index contributed by atoms with van der Waals surface area (Å²) in [6.45, 7) is 0. The average molecular weight is 582 g/mol. The van der Waals surface area contributed by atoms with Crippen LogP contribution in [0.25, 0.3) is 23.7 Å². The maximum absolute atomic E-state index is 13.4. The highest BCUT2D eigenvalue weighted by atomic mass is 35.5. The minimum absolute atomic E-state index is 0.173. The lowest BCUT2D eigenvalue weighted by atomic mass is 10.1. The highest BCUT2D eigenvalue weighted by molar-refractivity contribution is 7.99. The number of halogens is 2.